The minimum Gasteiger partial charge on any atom is -0.355 e. The van der Waals surface area contributed by atoms with Gasteiger partial charge in [-0.1, -0.05) is 12.1 Å². The van der Waals surface area contributed by atoms with Gasteiger partial charge in [0.1, 0.15) is 0 Å². The molecule has 0 saturated carbocycles. The van der Waals surface area contributed by atoms with Crippen LogP contribution in [-0.4, -0.2) is 42.9 Å². The van der Waals surface area contributed by atoms with Gasteiger partial charge in [0.15, 0.2) is 0 Å². The molecule has 2 amide bonds. The first kappa shape index (κ1) is 22.2. The molecule has 0 aliphatic carbocycles. The van der Waals surface area contributed by atoms with E-state index in [9.17, 15) is 22.8 Å². The van der Waals surface area contributed by atoms with Gasteiger partial charge in [0, 0.05) is 26.2 Å². The van der Waals surface area contributed by atoms with Gasteiger partial charge in [-0.05, 0) is 30.5 Å². The predicted octanol–water partition coefficient (Wildman–Crippen LogP) is 1.98. The van der Waals surface area contributed by atoms with E-state index in [0.717, 1.165) is 18.6 Å². The van der Waals surface area contributed by atoms with E-state index in [4.69, 9.17) is 5.73 Å². The molecule has 2 rings (SSSR count). The Balaban J connectivity index is 0.00000338. The van der Waals surface area contributed by atoms with Crippen LogP contribution in [-0.2, 0) is 22.2 Å². The fourth-order valence-electron chi connectivity index (χ4n) is 2.86. The first-order valence-electron chi connectivity index (χ1n) is 8.23. The number of likely N-dealkylation sites (tertiary alicyclic amines) is 1. The van der Waals surface area contributed by atoms with Crippen molar-refractivity contribution < 1.29 is 22.8 Å². The third-order valence-electron chi connectivity index (χ3n) is 4.23. The van der Waals surface area contributed by atoms with E-state index in [1.165, 1.54) is 12.1 Å². The number of hydrogen-bond acceptors (Lipinski definition) is 3. The minimum absolute atomic E-state index is 0. The topological polar surface area (TPSA) is 75.4 Å². The monoisotopic (exact) mass is 393 g/mol. The van der Waals surface area contributed by atoms with Gasteiger partial charge >= 0.3 is 6.18 Å². The molecule has 3 N–H and O–H groups in total. The average molecular weight is 394 g/mol. The summed E-state index contributed by atoms with van der Waals surface area (Å²) < 4.78 is 37.7. The number of nitrogens with zero attached hydrogens (tertiary/aromatic N) is 1. The molecule has 1 unspecified atom stereocenters. The van der Waals surface area contributed by atoms with E-state index in [1.54, 1.807) is 4.90 Å². The summed E-state index contributed by atoms with van der Waals surface area (Å²) >= 11 is 0. The lowest BCUT2D eigenvalue weighted by Crippen LogP contribution is -2.46. The van der Waals surface area contributed by atoms with E-state index in [1.807, 2.05) is 0 Å². The molecule has 9 heteroatoms. The molecule has 1 aromatic carbocycles. The second-order valence-corrected chi connectivity index (χ2v) is 6.13. The Morgan fingerprint density at radius 2 is 1.88 bits per heavy atom. The van der Waals surface area contributed by atoms with Crippen LogP contribution in [0.1, 0.15) is 24.0 Å². The van der Waals surface area contributed by atoms with E-state index < -0.39 is 11.7 Å². The van der Waals surface area contributed by atoms with Gasteiger partial charge in [-0.15, -0.1) is 12.4 Å². The number of carbonyl (C=O) groups is 2. The molecular formula is C17H23ClF3N3O2. The Labute approximate surface area is 156 Å². The zero-order chi connectivity index (χ0) is 18.4. The van der Waals surface area contributed by atoms with Gasteiger partial charge in [-0.2, -0.15) is 13.2 Å². The van der Waals surface area contributed by atoms with Crippen molar-refractivity contribution in [3.8, 4) is 0 Å². The Kier molecular flexibility index (Phi) is 8.36. The van der Waals surface area contributed by atoms with Crippen LogP contribution in [0, 0.1) is 5.92 Å². The standard InChI is InChI=1S/C17H22F3N3O2.ClH/c18-17(19,20)14-5-3-12(4-6-14)10-15(24)23-9-1-2-13(11-23)16(25)22-8-7-21;/h3-6,13H,1-2,7-11,21H2,(H,22,25);1H. The lowest BCUT2D eigenvalue weighted by atomic mass is 9.96. The fourth-order valence-corrected chi connectivity index (χ4v) is 2.86. The summed E-state index contributed by atoms with van der Waals surface area (Å²) in [6, 6.07) is 4.58. The number of nitrogens with two attached hydrogens (primary N) is 1. The van der Waals surface area contributed by atoms with E-state index in [-0.39, 0.29) is 36.6 Å². The summed E-state index contributed by atoms with van der Waals surface area (Å²) in [6.07, 6.45) is -2.94. The summed E-state index contributed by atoms with van der Waals surface area (Å²) in [6.45, 7) is 1.64. The number of hydrogen-bond donors (Lipinski definition) is 2. The maximum Gasteiger partial charge on any atom is 0.416 e. The van der Waals surface area contributed by atoms with Crippen molar-refractivity contribution in [1.29, 1.82) is 0 Å². The van der Waals surface area contributed by atoms with Crippen LogP contribution in [0.5, 0.6) is 0 Å². The highest BCUT2D eigenvalue weighted by Crippen LogP contribution is 2.29. The average Bonchev–Trinajstić information content (AvgIpc) is 2.59. The predicted molar refractivity (Wildman–Crippen MR) is 93.8 cm³/mol. The molecule has 1 aromatic rings. The highest BCUT2D eigenvalue weighted by atomic mass is 35.5. The van der Waals surface area contributed by atoms with Crippen molar-refractivity contribution >= 4 is 24.2 Å². The molecule has 1 aliphatic rings. The molecule has 0 spiro atoms. The van der Waals surface area contributed by atoms with Crippen LogP contribution in [0.2, 0.25) is 0 Å². The fraction of sp³-hybridized carbons (Fsp3) is 0.529. The highest BCUT2D eigenvalue weighted by Gasteiger charge is 2.31. The molecule has 0 aromatic heterocycles. The van der Waals surface area contributed by atoms with Crippen molar-refractivity contribution in [1.82, 2.24) is 10.2 Å². The van der Waals surface area contributed by atoms with Crippen molar-refractivity contribution in [2.75, 3.05) is 26.2 Å². The van der Waals surface area contributed by atoms with Gasteiger partial charge in [0.05, 0.1) is 17.9 Å². The Hall–Kier alpha value is -1.80. The van der Waals surface area contributed by atoms with E-state index >= 15 is 0 Å². The van der Waals surface area contributed by atoms with Gasteiger partial charge in [-0.25, -0.2) is 0 Å². The molecule has 1 heterocycles. The molecule has 0 bridgehead atoms. The van der Waals surface area contributed by atoms with Crippen LogP contribution >= 0.6 is 12.4 Å². The summed E-state index contributed by atoms with van der Waals surface area (Å²) in [4.78, 5) is 26.0. The van der Waals surface area contributed by atoms with Gasteiger partial charge < -0.3 is 16.0 Å². The zero-order valence-corrected chi connectivity index (χ0v) is 15.0. The van der Waals surface area contributed by atoms with Gasteiger partial charge in [0.2, 0.25) is 11.8 Å². The Morgan fingerprint density at radius 3 is 2.46 bits per heavy atom. The van der Waals surface area contributed by atoms with Crippen LogP contribution in [0.15, 0.2) is 24.3 Å². The maximum atomic E-state index is 12.6. The third kappa shape index (κ3) is 6.17. The number of nitrogens with one attached hydrogen (secondary N) is 1. The smallest absolute Gasteiger partial charge is 0.355 e. The van der Waals surface area contributed by atoms with E-state index in [2.05, 4.69) is 5.32 Å². The number of carbonyl (C=O) groups excluding carboxylic acids is 2. The molecule has 5 nitrogen and oxygen atoms in total. The van der Waals surface area contributed by atoms with E-state index in [0.29, 0.717) is 38.2 Å². The van der Waals surface area contributed by atoms with Crippen LogP contribution in [0.25, 0.3) is 0 Å². The van der Waals surface area contributed by atoms with Crippen molar-refractivity contribution in [3.05, 3.63) is 35.4 Å². The molecule has 1 fully saturated rings. The number of piperidine rings is 1. The number of amides is 2. The highest BCUT2D eigenvalue weighted by molar-refractivity contribution is 5.85. The number of halogens is 4. The van der Waals surface area contributed by atoms with Crippen molar-refractivity contribution in [2.24, 2.45) is 11.7 Å². The minimum atomic E-state index is -4.39. The van der Waals surface area contributed by atoms with Gasteiger partial charge in [0.25, 0.3) is 0 Å². The van der Waals surface area contributed by atoms with Gasteiger partial charge in [-0.3, -0.25) is 9.59 Å². The first-order chi connectivity index (χ1) is 11.8. The van der Waals surface area contributed by atoms with Crippen LogP contribution < -0.4 is 11.1 Å². The number of alkyl halides is 3. The SMILES string of the molecule is Cl.NCCNC(=O)C1CCCN(C(=O)Cc2ccc(C(F)(F)F)cc2)C1. The van der Waals surface area contributed by atoms with Crippen molar-refractivity contribution in [3.63, 3.8) is 0 Å². The van der Waals surface area contributed by atoms with Crippen LogP contribution in [0.4, 0.5) is 13.2 Å². The summed E-state index contributed by atoms with van der Waals surface area (Å²) in [7, 11) is 0. The summed E-state index contributed by atoms with van der Waals surface area (Å²) in [5.41, 5.74) is 5.14. The third-order valence-corrected chi connectivity index (χ3v) is 4.23. The molecule has 1 atom stereocenters. The molecular weight excluding hydrogens is 371 g/mol. The molecule has 26 heavy (non-hydrogen) atoms. The van der Waals surface area contributed by atoms with Crippen LogP contribution in [0.3, 0.4) is 0 Å². The Morgan fingerprint density at radius 1 is 1.23 bits per heavy atom. The maximum absolute atomic E-state index is 12.6. The molecule has 0 radical (unpaired) electrons. The number of rotatable bonds is 5. The molecule has 146 valence electrons. The zero-order valence-electron chi connectivity index (χ0n) is 14.2. The number of benzene rings is 1. The molecule has 1 saturated heterocycles. The Bertz CT molecular complexity index is 608. The normalized spacial score (nSPS) is 17.4. The first-order valence-corrected chi connectivity index (χ1v) is 8.23. The summed E-state index contributed by atoms with van der Waals surface area (Å²) in [5, 5.41) is 2.72. The lowest BCUT2D eigenvalue weighted by Gasteiger charge is -2.32. The second kappa shape index (κ2) is 9.78. The lowest BCUT2D eigenvalue weighted by molar-refractivity contribution is -0.137. The second-order valence-electron chi connectivity index (χ2n) is 6.13. The molecule has 1 aliphatic heterocycles. The summed E-state index contributed by atoms with van der Waals surface area (Å²) in [5.74, 6) is -0.564. The quantitative estimate of drug-likeness (QED) is 0.803. The van der Waals surface area contributed by atoms with Crippen molar-refractivity contribution in [2.45, 2.75) is 25.4 Å². The largest absolute Gasteiger partial charge is 0.416 e.